The summed E-state index contributed by atoms with van der Waals surface area (Å²) in [5, 5.41) is 14.6. The average molecular weight is 732 g/mol. The van der Waals surface area contributed by atoms with E-state index in [1.807, 2.05) is 0 Å². The van der Waals surface area contributed by atoms with Crippen LogP contribution in [0.3, 0.4) is 0 Å². The van der Waals surface area contributed by atoms with Crippen molar-refractivity contribution in [3.63, 3.8) is 0 Å². The van der Waals surface area contributed by atoms with Gasteiger partial charge in [-0.25, -0.2) is 28.6 Å². The van der Waals surface area contributed by atoms with Crippen LogP contribution in [0.1, 0.15) is 57.6 Å². The Morgan fingerprint density at radius 3 is 2.30 bits per heavy atom. The second-order valence-electron chi connectivity index (χ2n) is 10.2. The van der Waals surface area contributed by atoms with E-state index in [-0.39, 0.29) is 30.2 Å². The maximum atomic E-state index is 12.5. The van der Waals surface area contributed by atoms with Gasteiger partial charge in [0.25, 0.3) is 0 Å². The number of hydrogen-bond acceptors (Lipinski definition) is 16. The number of unbranched alkanes of at least 4 members (excludes halogenated alkanes) is 6. The van der Waals surface area contributed by atoms with Gasteiger partial charge in [0.2, 0.25) is 0 Å². The number of aromatic nitrogens is 4. The fourth-order valence-electron chi connectivity index (χ4n) is 4.49. The van der Waals surface area contributed by atoms with Crippen molar-refractivity contribution in [1.29, 1.82) is 0 Å². The summed E-state index contributed by atoms with van der Waals surface area (Å²) >= 11 is 0. The molecule has 3 unspecified atom stereocenters. The van der Waals surface area contributed by atoms with E-state index >= 15 is 0 Å². The van der Waals surface area contributed by atoms with Gasteiger partial charge in [-0.3, -0.25) is 13.6 Å². The van der Waals surface area contributed by atoms with Crippen LogP contribution < -0.4 is 11.5 Å². The lowest BCUT2D eigenvalue weighted by molar-refractivity contribution is -0.0708. The summed E-state index contributed by atoms with van der Waals surface area (Å²) in [6.07, 6.45) is 2.67. The van der Waals surface area contributed by atoms with Crippen LogP contribution >= 0.6 is 23.5 Å². The molecule has 2 aromatic heterocycles. The number of aliphatic hydroxyl groups excluding tert-OH is 1. The second kappa shape index (κ2) is 18.6. The monoisotopic (exact) mass is 731 g/mol. The van der Waals surface area contributed by atoms with Crippen LogP contribution in [0.15, 0.2) is 17.8 Å². The standard InChI is InChI=1S/C22H40N9O13P3/c23-9-5-1-3-8-12-40-45(33,34)43-47(37,38)44-46(35,36)41-13-16-18(32)19(39-11-7-4-2-6-10-29-30-25)22(42-16)31-15-28-17-20(24)26-14-27-21(17)31/h14-16,18-19,22,32H,1-13,23H2,(H,33,34)(H,35,36)(H,37,38)(H2,24,26,27)/t16-,18-,19-,22-/m1/s1. The molecule has 0 saturated carbocycles. The highest BCUT2D eigenvalue weighted by atomic mass is 31.3. The smallest absolute Gasteiger partial charge is 0.387 e. The number of aliphatic hydroxyl groups is 1. The Kier molecular flexibility index (Phi) is 15.6. The van der Waals surface area contributed by atoms with Crippen molar-refractivity contribution < 1.29 is 60.6 Å². The predicted octanol–water partition coefficient (Wildman–Crippen LogP) is 2.81. The Morgan fingerprint density at radius 2 is 1.60 bits per heavy atom. The number of rotatable bonds is 23. The summed E-state index contributed by atoms with van der Waals surface area (Å²) < 4.78 is 67.7. The van der Waals surface area contributed by atoms with Crippen molar-refractivity contribution in [1.82, 2.24) is 19.5 Å². The number of anilines is 1. The molecule has 22 nitrogen and oxygen atoms in total. The van der Waals surface area contributed by atoms with E-state index in [0.717, 1.165) is 25.7 Å². The molecule has 0 bridgehead atoms. The molecular weight excluding hydrogens is 691 g/mol. The van der Waals surface area contributed by atoms with Gasteiger partial charge in [-0.05, 0) is 37.8 Å². The van der Waals surface area contributed by atoms with Crippen molar-refractivity contribution >= 4 is 40.4 Å². The number of nitrogens with two attached hydrogens (primary N) is 2. The van der Waals surface area contributed by atoms with Crippen LogP contribution in [0.4, 0.5) is 5.82 Å². The summed E-state index contributed by atoms with van der Waals surface area (Å²) in [7, 11) is -16.3. The summed E-state index contributed by atoms with van der Waals surface area (Å²) in [5.41, 5.74) is 20.1. The lowest BCUT2D eigenvalue weighted by Crippen LogP contribution is -2.36. The van der Waals surface area contributed by atoms with Crippen molar-refractivity contribution in [2.45, 2.75) is 75.9 Å². The lowest BCUT2D eigenvalue weighted by atomic mass is 10.1. The first-order valence-electron chi connectivity index (χ1n) is 14.6. The van der Waals surface area contributed by atoms with Crippen LogP contribution in [0, 0.1) is 0 Å². The van der Waals surface area contributed by atoms with Gasteiger partial charge in [-0.2, -0.15) is 8.62 Å². The molecule has 1 saturated heterocycles. The number of fused-ring (bicyclic) bond motifs is 1. The minimum atomic E-state index is -5.69. The van der Waals surface area contributed by atoms with Crippen molar-refractivity contribution in [2.75, 3.05) is 38.6 Å². The topological polar surface area (TPSA) is 332 Å². The number of phosphoric ester groups is 2. The van der Waals surface area contributed by atoms with Gasteiger partial charge >= 0.3 is 23.5 Å². The van der Waals surface area contributed by atoms with E-state index in [2.05, 4.69) is 38.1 Å². The van der Waals surface area contributed by atoms with E-state index < -0.39 is 54.6 Å². The maximum absolute atomic E-state index is 12.5. The first-order valence-corrected chi connectivity index (χ1v) is 19.1. The van der Waals surface area contributed by atoms with E-state index in [1.54, 1.807) is 0 Å². The fourth-order valence-corrected chi connectivity index (χ4v) is 8.03. The number of phosphoric acid groups is 3. The molecule has 3 rings (SSSR count). The number of imidazole rings is 1. The van der Waals surface area contributed by atoms with Gasteiger partial charge in [-0.1, -0.05) is 30.8 Å². The largest absolute Gasteiger partial charge is 0.490 e. The van der Waals surface area contributed by atoms with Crippen molar-refractivity contribution in [3.8, 4) is 0 Å². The molecule has 25 heteroatoms. The number of hydrogen-bond donors (Lipinski definition) is 6. The summed E-state index contributed by atoms with van der Waals surface area (Å²) in [6.45, 7) is -0.161. The summed E-state index contributed by atoms with van der Waals surface area (Å²) in [6, 6.07) is 0. The Hall–Kier alpha value is -2.09. The SMILES string of the molecule is [N-]=[N+]=NCCCCCCO[C@@H]1[C@H](O)[C@@H](COP(=O)(O)OP(=O)(O)OP(=O)(O)OCCCCCCN)O[C@H]1n1cnc2c(N)ncnc21. The molecule has 8 N–H and O–H groups in total. The first-order chi connectivity index (χ1) is 22.3. The van der Waals surface area contributed by atoms with Gasteiger partial charge in [-0.15, -0.1) is 0 Å². The van der Waals surface area contributed by atoms with Crippen molar-refractivity contribution in [3.05, 3.63) is 23.1 Å². The number of ether oxygens (including phenoxy) is 2. The van der Waals surface area contributed by atoms with E-state index in [4.69, 9.17) is 31.0 Å². The number of azide groups is 1. The quantitative estimate of drug-likeness (QED) is 0.0314. The minimum absolute atomic E-state index is 0.0831. The molecule has 3 heterocycles. The first kappa shape index (κ1) is 39.3. The van der Waals surface area contributed by atoms with Crippen LogP contribution in [-0.4, -0.2) is 90.5 Å². The summed E-state index contributed by atoms with van der Waals surface area (Å²) in [4.78, 5) is 44.6. The molecule has 0 radical (unpaired) electrons. The van der Waals surface area contributed by atoms with Gasteiger partial charge in [0.15, 0.2) is 17.7 Å². The molecule has 0 spiro atoms. The zero-order valence-corrected chi connectivity index (χ0v) is 27.9. The normalized spacial score (nSPS) is 23.6. The Morgan fingerprint density at radius 1 is 0.936 bits per heavy atom. The van der Waals surface area contributed by atoms with Gasteiger partial charge in [0, 0.05) is 18.1 Å². The molecule has 0 aliphatic carbocycles. The third-order valence-electron chi connectivity index (χ3n) is 6.67. The highest BCUT2D eigenvalue weighted by Crippen LogP contribution is 2.67. The van der Waals surface area contributed by atoms with E-state index in [1.165, 1.54) is 17.2 Å². The predicted molar refractivity (Wildman–Crippen MR) is 163 cm³/mol. The van der Waals surface area contributed by atoms with Crippen LogP contribution in [0.25, 0.3) is 21.6 Å². The lowest BCUT2D eigenvalue weighted by Gasteiger charge is -2.22. The van der Waals surface area contributed by atoms with Crippen LogP contribution in [-0.2, 0) is 40.8 Å². The van der Waals surface area contributed by atoms with Crippen LogP contribution in [0.5, 0.6) is 0 Å². The molecule has 0 aromatic carbocycles. The average Bonchev–Trinajstić information content (AvgIpc) is 3.55. The molecule has 0 amide bonds. The third-order valence-corrected chi connectivity index (χ3v) is 11.0. The van der Waals surface area contributed by atoms with E-state index in [0.29, 0.717) is 38.8 Å². The van der Waals surface area contributed by atoms with Gasteiger partial charge in [0.05, 0.1) is 19.5 Å². The molecule has 47 heavy (non-hydrogen) atoms. The number of nitrogen functional groups attached to an aromatic ring is 1. The van der Waals surface area contributed by atoms with Crippen molar-refractivity contribution in [2.24, 2.45) is 10.8 Å². The molecule has 2 aromatic rings. The molecule has 266 valence electrons. The zero-order chi connectivity index (χ0) is 34.5. The zero-order valence-electron chi connectivity index (χ0n) is 25.2. The Bertz CT molecular complexity index is 1480. The molecule has 1 aliphatic heterocycles. The number of nitrogens with zero attached hydrogens (tertiary/aromatic N) is 7. The highest BCUT2D eigenvalue weighted by Gasteiger charge is 2.48. The molecule has 1 fully saturated rings. The van der Waals surface area contributed by atoms with Crippen LogP contribution in [0.2, 0.25) is 0 Å². The summed E-state index contributed by atoms with van der Waals surface area (Å²) in [5.74, 6) is 0.0831. The molecular formula is C22H40N9O13P3. The molecule has 7 atom stereocenters. The third kappa shape index (κ3) is 12.7. The van der Waals surface area contributed by atoms with Gasteiger partial charge in [0.1, 0.15) is 30.2 Å². The minimum Gasteiger partial charge on any atom is -0.387 e. The maximum Gasteiger partial charge on any atom is 0.490 e. The highest BCUT2D eigenvalue weighted by molar-refractivity contribution is 7.66. The van der Waals surface area contributed by atoms with Gasteiger partial charge < -0.3 is 40.7 Å². The Balaban J connectivity index is 1.61. The fraction of sp³-hybridized carbons (Fsp3) is 0.773. The Labute approximate surface area is 269 Å². The molecule has 1 aliphatic rings. The van der Waals surface area contributed by atoms with E-state index in [9.17, 15) is 33.5 Å². The second-order valence-corrected chi connectivity index (χ2v) is 14.9.